The Kier molecular flexibility index (Phi) is 6.42. The number of ether oxygens (including phenoxy) is 1. The molecule has 2 aliphatic heterocycles. The molecule has 6 nitrogen and oxygen atoms in total. The summed E-state index contributed by atoms with van der Waals surface area (Å²) >= 11 is 0. The number of rotatable bonds is 6. The van der Waals surface area contributed by atoms with Crippen LogP contribution in [0, 0.1) is 5.92 Å². The summed E-state index contributed by atoms with van der Waals surface area (Å²) in [6.07, 6.45) is 3.65. The molecule has 1 aromatic carbocycles. The van der Waals surface area contributed by atoms with E-state index in [2.05, 4.69) is 6.07 Å². The van der Waals surface area contributed by atoms with Crippen LogP contribution in [0.1, 0.15) is 43.7 Å². The molecule has 0 aliphatic carbocycles. The quantitative estimate of drug-likeness (QED) is 0.743. The van der Waals surface area contributed by atoms with Gasteiger partial charge in [0.25, 0.3) is 0 Å². The summed E-state index contributed by atoms with van der Waals surface area (Å²) in [7, 11) is -1.52. The summed E-state index contributed by atoms with van der Waals surface area (Å²) in [5.74, 6) is 1.12. The number of piperidine rings is 1. The zero-order valence-corrected chi connectivity index (χ0v) is 17.1. The van der Waals surface area contributed by atoms with Crippen LogP contribution in [0.4, 0.5) is 0 Å². The van der Waals surface area contributed by atoms with E-state index in [1.54, 1.807) is 11.4 Å². The first-order chi connectivity index (χ1) is 12.9. The fourth-order valence-corrected chi connectivity index (χ4v) is 5.62. The highest BCUT2D eigenvalue weighted by Gasteiger charge is 2.33. The molecular formula is C20H30N2O4S. The van der Waals surface area contributed by atoms with Gasteiger partial charge in [-0.05, 0) is 48.9 Å². The molecule has 0 atom stereocenters. The monoisotopic (exact) mass is 394 g/mol. The van der Waals surface area contributed by atoms with Gasteiger partial charge in [-0.2, -0.15) is 0 Å². The summed E-state index contributed by atoms with van der Waals surface area (Å²) in [5, 5.41) is 0. The lowest BCUT2D eigenvalue weighted by molar-refractivity contribution is -0.137. The minimum absolute atomic E-state index is 0.0743. The van der Waals surface area contributed by atoms with Gasteiger partial charge in [0.15, 0.2) is 0 Å². The molecular weight excluding hydrogens is 364 g/mol. The molecule has 1 fully saturated rings. The summed E-state index contributed by atoms with van der Waals surface area (Å²) in [6, 6.07) is 6.05. The molecule has 0 radical (unpaired) electrons. The summed E-state index contributed by atoms with van der Waals surface area (Å²) in [5.41, 5.74) is 2.42. The standard InChI is InChI=1S/C20H30N2O4S/c1-3-4-13-27(24,25)22-11-8-17(9-12-22)20(23)21-10-7-16-5-6-19(26-2)14-18(16)15-21/h5-6,14,17H,3-4,7-13,15H2,1-2H3. The molecule has 27 heavy (non-hydrogen) atoms. The predicted molar refractivity (Wildman–Crippen MR) is 105 cm³/mol. The molecule has 0 saturated carbocycles. The molecule has 7 heteroatoms. The molecule has 0 bridgehead atoms. The third-order valence-electron chi connectivity index (χ3n) is 5.69. The molecule has 0 unspecified atom stereocenters. The van der Waals surface area contributed by atoms with Gasteiger partial charge in [0.1, 0.15) is 5.75 Å². The van der Waals surface area contributed by atoms with E-state index in [0.29, 0.717) is 38.9 Å². The van der Waals surface area contributed by atoms with Crippen molar-refractivity contribution in [3.05, 3.63) is 29.3 Å². The molecule has 0 N–H and O–H groups in total. The Morgan fingerprint density at radius 2 is 1.93 bits per heavy atom. The Hall–Kier alpha value is -1.60. The first-order valence-corrected chi connectivity index (χ1v) is 11.5. The smallest absolute Gasteiger partial charge is 0.226 e. The van der Waals surface area contributed by atoms with Gasteiger partial charge in [-0.3, -0.25) is 4.79 Å². The molecule has 150 valence electrons. The van der Waals surface area contributed by atoms with Gasteiger partial charge in [-0.1, -0.05) is 19.4 Å². The Bertz CT molecular complexity index is 770. The summed E-state index contributed by atoms with van der Waals surface area (Å²) < 4.78 is 31.5. The molecule has 1 amide bonds. The van der Waals surface area contributed by atoms with Crippen molar-refractivity contribution in [1.29, 1.82) is 0 Å². The van der Waals surface area contributed by atoms with Crippen molar-refractivity contribution >= 4 is 15.9 Å². The maximum absolute atomic E-state index is 13.0. The van der Waals surface area contributed by atoms with Crippen LogP contribution in [0.3, 0.4) is 0 Å². The number of benzene rings is 1. The topological polar surface area (TPSA) is 66.9 Å². The van der Waals surface area contributed by atoms with Crippen LogP contribution in [-0.2, 0) is 27.8 Å². The highest BCUT2D eigenvalue weighted by Crippen LogP contribution is 2.27. The molecule has 2 aliphatic rings. The molecule has 3 rings (SSSR count). The number of hydrogen-bond donors (Lipinski definition) is 0. The van der Waals surface area contributed by atoms with Crippen molar-refractivity contribution in [2.45, 2.75) is 45.6 Å². The second-order valence-electron chi connectivity index (χ2n) is 7.49. The van der Waals surface area contributed by atoms with Crippen molar-refractivity contribution < 1.29 is 17.9 Å². The van der Waals surface area contributed by atoms with E-state index in [4.69, 9.17) is 4.74 Å². The molecule has 2 heterocycles. The van der Waals surface area contributed by atoms with Gasteiger partial charge in [0.2, 0.25) is 15.9 Å². The number of hydrogen-bond acceptors (Lipinski definition) is 4. The number of sulfonamides is 1. The van der Waals surface area contributed by atoms with Crippen LogP contribution in [0.25, 0.3) is 0 Å². The van der Waals surface area contributed by atoms with E-state index in [-0.39, 0.29) is 17.6 Å². The minimum Gasteiger partial charge on any atom is -0.497 e. The fourth-order valence-electron chi connectivity index (χ4n) is 3.94. The van der Waals surface area contributed by atoms with E-state index in [9.17, 15) is 13.2 Å². The average Bonchev–Trinajstić information content (AvgIpc) is 2.71. The van der Waals surface area contributed by atoms with Gasteiger partial charge < -0.3 is 9.64 Å². The van der Waals surface area contributed by atoms with Crippen LogP contribution in [0.15, 0.2) is 18.2 Å². The number of carbonyl (C=O) groups is 1. The van der Waals surface area contributed by atoms with E-state index < -0.39 is 10.0 Å². The molecule has 1 saturated heterocycles. The van der Waals surface area contributed by atoms with Crippen molar-refractivity contribution in [2.24, 2.45) is 5.92 Å². The highest BCUT2D eigenvalue weighted by molar-refractivity contribution is 7.89. The van der Waals surface area contributed by atoms with Crippen LogP contribution < -0.4 is 4.74 Å². The number of carbonyl (C=O) groups excluding carboxylic acids is 1. The molecule has 0 spiro atoms. The van der Waals surface area contributed by atoms with Crippen molar-refractivity contribution in [2.75, 3.05) is 32.5 Å². The van der Waals surface area contributed by atoms with Crippen LogP contribution >= 0.6 is 0 Å². The predicted octanol–water partition coefficient (Wildman–Crippen LogP) is 2.42. The normalized spacial score (nSPS) is 19.0. The number of unbranched alkanes of at least 4 members (excludes halogenated alkanes) is 1. The minimum atomic E-state index is -3.17. The van der Waals surface area contributed by atoms with Gasteiger partial charge in [0.05, 0.1) is 12.9 Å². The van der Waals surface area contributed by atoms with Crippen molar-refractivity contribution in [3.8, 4) is 5.75 Å². The maximum Gasteiger partial charge on any atom is 0.226 e. The Morgan fingerprint density at radius 1 is 1.19 bits per heavy atom. The van der Waals surface area contributed by atoms with E-state index in [0.717, 1.165) is 30.7 Å². The maximum atomic E-state index is 13.0. The van der Waals surface area contributed by atoms with Crippen LogP contribution in [-0.4, -0.2) is 56.0 Å². The van der Waals surface area contributed by atoms with Gasteiger partial charge in [-0.15, -0.1) is 0 Å². The second kappa shape index (κ2) is 8.61. The largest absolute Gasteiger partial charge is 0.497 e. The number of methoxy groups -OCH3 is 1. The summed E-state index contributed by atoms with van der Waals surface area (Å²) in [4.78, 5) is 14.9. The lowest BCUT2D eigenvalue weighted by atomic mass is 9.93. The Labute approximate surface area is 162 Å². The van der Waals surface area contributed by atoms with E-state index >= 15 is 0 Å². The Balaban J connectivity index is 1.58. The lowest BCUT2D eigenvalue weighted by Crippen LogP contribution is -2.46. The lowest BCUT2D eigenvalue weighted by Gasteiger charge is -2.35. The third kappa shape index (κ3) is 4.63. The van der Waals surface area contributed by atoms with E-state index in [1.807, 2.05) is 24.0 Å². The van der Waals surface area contributed by atoms with Gasteiger partial charge in [-0.25, -0.2) is 12.7 Å². The van der Waals surface area contributed by atoms with Crippen LogP contribution in [0.5, 0.6) is 5.75 Å². The van der Waals surface area contributed by atoms with Crippen LogP contribution in [0.2, 0.25) is 0 Å². The first kappa shape index (κ1) is 20.1. The SMILES string of the molecule is CCCCS(=O)(=O)N1CCC(C(=O)N2CCc3ccc(OC)cc3C2)CC1. The van der Waals surface area contributed by atoms with E-state index in [1.165, 1.54) is 5.56 Å². The first-order valence-electron chi connectivity index (χ1n) is 9.87. The zero-order valence-electron chi connectivity index (χ0n) is 16.3. The number of fused-ring (bicyclic) bond motifs is 1. The molecule has 0 aromatic heterocycles. The number of nitrogens with zero attached hydrogens (tertiary/aromatic N) is 2. The third-order valence-corrected chi connectivity index (χ3v) is 7.65. The summed E-state index contributed by atoms with van der Waals surface area (Å²) in [6.45, 7) is 4.25. The van der Waals surface area contributed by atoms with Gasteiger partial charge >= 0.3 is 0 Å². The average molecular weight is 395 g/mol. The second-order valence-corrected chi connectivity index (χ2v) is 9.58. The fraction of sp³-hybridized carbons (Fsp3) is 0.650. The Morgan fingerprint density at radius 3 is 2.59 bits per heavy atom. The molecule has 1 aromatic rings. The zero-order chi connectivity index (χ0) is 19.4. The van der Waals surface area contributed by atoms with Gasteiger partial charge in [0, 0.05) is 32.1 Å². The van der Waals surface area contributed by atoms with Crippen molar-refractivity contribution in [1.82, 2.24) is 9.21 Å². The highest BCUT2D eigenvalue weighted by atomic mass is 32.2. The number of amides is 1. The van der Waals surface area contributed by atoms with Crippen molar-refractivity contribution in [3.63, 3.8) is 0 Å².